The number of nitrogens with one attached hydrogen (secondary N) is 3. The molecule has 4 bridgehead atoms. The minimum absolute atomic E-state index is 0.125. The van der Waals surface area contributed by atoms with Crippen LogP contribution in [-0.4, -0.2) is 69.9 Å². The Morgan fingerprint density at radius 2 is 1.82 bits per heavy atom. The van der Waals surface area contributed by atoms with Crippen LogP contribution in [0, 0.1) is 0 Å². The van der Waals surface area contributed by atoms with E-state index in [2.05, 4.69) is 28.1 Å². The molecule has 0 aliphatic carbocycles. The van der Waals surface area contributed by atoms with Gasteiger partial charge in [-0.1, -0.05) is 31.2 Å². The van der Waals surface area contributed by atoms with Gasteiger partial charge in [-0.3, -0.25) is 13.9 Å². The van der Waals surface area contributed by atoms with Gasteiger partial charge >= 0.3 is 0 Å². The Bertz CT molecular complexity index is 1250. The number of aliphatic hydroxyl groups excluding tert-OH is 1. The normalized spacial score (nSPS) is 17.9. The quantitative estimate of drug-likeness (QED) is 0.374. The molecule has 10 heteroatoms. The van der Waals surface area contributed by atoms with Crippen molar-refractivity contribution in [2.24, 2.45) is 0 Å². The predicted molar refractivity (Wildman–Crippen MR) is 155 cm³/mol. The summed E-state index contributed by atoms with van der Waals surface area (Å²) < 4.78 is 25.6. The van der Waals surface area contributed by atoms with E-state index in [-0.39, 0.29) is 30.5 Å². The lowest BCUT2D eigenvalue weighted by atomic mass is 9.97. The molecule has 0 unspecified atom stereocenters. The van der Waals surface area contributed by atoms with Gasteiger partial charge in [0.25, 0.3) is 5.91 Å². The first-order valence-electron chi connectivity index (χ1n) is 13.6. The largest absolute Gasteiger partial charge is 0.394 e. The lowest BCUT2D eigenvalue weighted by Gasteiger charge is -2.24. The van der Waals surface area contributed by atoms with Gasteiger partial charge in [0, 0.05) is 25.2 Å². The molecule has 0 fully saturated rings. The number of hydrogen-bond acceptors (Lipinski definition) is 6. The molecule has 3 atom stereocenters. The summed E-state index contributed by atoms with van der Waals surface area (Å²) in [5, 5.41) is 18.6. The maximum absolute atomic E-state index is 13.5. The number of aryl methyl sites for hydroxylation is 2. The van der Waals surface area contributed by atoms with Crippen molar-refractivity contribution in [1.82, 2.24) is 16.0 Å². The van der Waals surface area contributed by atoms with Crippen LogP contribution in [0.3, 0.4) is 0 Å². The Labute approximate surface area is 232 Å². The van der Waals surface area contributed by atoms with E-state index in [4.69, 9.17) is 0 Å². The number of anilines is 1. The lowest BCUT2D eigenvalue weighted by Crippen LogP contribution is -2.51. The molecule has 214 valence electrons. The maximum Gasteiger partial charge on any atom is 0.251 e. The second kappa shape index (κ2) is 13.9. The highest BCUT2D eigenvalue weighted by atomic mass is 32.2. The fourth-order valence-corrected chi connectivity index (χ4v) is 5.12. The van der Waals surface area contributed by atoms with E-state index in [0.717, 1.165) is 43.1 Å². The highest BCUT2D eigenvalue weighted by molar-refractivity contribution is 7.92. The monoisotopic (exact) mass is 558 g/mol. The number of amides is 2. The predicted octanol–water partition coefficient (Wildman–Crippen LogP) is 2.17. The molecule has 0 spiro atoms. The van der Waals surface area contributed by atoms with Crippen LogP contribution in [0.4, 0.5) is 5.69 Å². The van der Waals surface area contributed by atoms with Crippen LogP contribution in [0.25, 0.3) is 0 Å². The van der Waals surface area contributed by atoms with Gasteiger partial charge in [-0.25, -0.2) is 8.42 Å². The first kappa shape index (κ1) is 30.6. The Kier molecular flexibility index (Phi) is 10.9. The molecule has 4 N–H and O–H groups in total. The molecular formula is C29H42N4O5S. The summed E-state index contributed by atoms with van der Waals surface area (Å²) in [7, 11) is -2.01. The third kappa shape index (κ3) is 9.05. The molecule has 2 aromatic rings. The zero-order valence-electron chi connectivity index (χ0n) is 23.4. The Hall–Kier alpha value is -2.95. The lowest BCUT2D eigenvalue weighted by molar-refractivity contribution is -0.123. The van der Waals surface area contributed by atoms with Crippen molar-refractivity contribution in [3.05, 3.63) is 64.7 Å². The molecule has 0 saturated carbocycles. The average molecular weight is 559 g/mol. The summed E-state index contributed by atoms with van der Waals surface area (Å²) in [6.07, 6.45) is 5.88. The number of carbonyl (C=O) groups excluding carboxylic acids is 2. The molecule has 9 nitrogen and oxygen atoms in total. The number of fused-ring (bicyclic) bond motifs is 4. The van der Waals surface area contributed by atoms with E-state index in [1.54, 1.807) is 13.0 Å². The fourth-order valence-electron chi connectivity index (χ4n) is 4.64. The van der Waals surface area contributed by atoms with Crippen LogP contribution >= 0.6 is 0 Å². The Morgan fingerprint density at radius 3 is 2.49 bits per heavy atom. The topological polar surface area (TPSA) is 128 Å². The first-order chi connectivity index (χ1) is 18.5. The second-order valence-electron chi connectivity index (χ2n) is 10.4. The van der Waals surface area contributed by atoms with E-state index in [1.165, 1.54) is 16.9 Å². The number of aliphatic hydroxyl groups is 1. The summed E-state index contributed by atoms with van der Waals surface area (Å²) in [6, 6.07) is 12.5. The first-order valence-corrected chi connectivity index (χ1v) is 15.5. The summed E-state index contributed by atoms with van der Waals surface area (Å²) >= 11 is 0. The van der Waals surface area contributed by atoms with Crippen molar-refractivity contribution in [2.45, 2.75) is 70.5 Å². The van der Waals surface area contributed by atoms with Crippen LogP contribution in [-0.2, 0) is 34.1 Å². The number of rotatable bonds is 9. The molecule has 1 aliphatic rings. The molecule has 0 aromatic heterocycles. The van der Waals surface area contributed by atoms with Crippen molar-refractivity contribution < 1.29 is 23.1 Å². The van der Waals surface area contributed by atoms with Crippen molar-refractivity contribution in [3.8, 4) is 0 Å². The van der Waals surface area contributed by atoms with Crippen LogP contribution in [0.2, 0.25) is 0 Å². The van der Waals surface area contributed by atoms with E-state index >= 15 is 0 Å². The summed E-state index contributed by atoms with van der Waals surface area (Å²) in [5.41, 5.74) is 4.08. The number of sulfonamides is 1. The fraction of sp³-hybridized carbons (Fsp3) is 0.517. The SMILES string of the molecule is CC[C@H](CO)NC(=O)[C@H](C)NC[C@@H]1Cc2cccc(c2)CCCCc2cc(cc(N(C)S(C)(=O)=O)c2)C(=O)N1. The average Bonchev–Trinajstić information content (AvgIpc) is 2.91. The third-order valence-corrected chi connectivity index (χ3v) is 8.42. The summed E-state index contributed by atoms with van der Waals surface area (Å²) in [6.45, 7) is 3.86. The van der Waals surface area contributed by atoms with Gasteiger partial charge in [0.1, 0.15) is 0 Å². The standard InChI is InChI=1S/C29H42N4O5S/c1-5-25(19-34)31-28(35)20(2)30-18-26-15-22-12-8-11-21(13-22)9-6-7-10-23-14-24(29(36)32-26)17-27(16-23)33(3)39(4,37)38/h8,11-14,16-17,20,25-26,30,34H,5-7,9-10,15,18-19H2,1-4H3,(H,31,35)(H,32,36)/t20-,25+,26-/m0/s1. The highest BCUT2D eigenvalue weighted by Gasteiger charge is 2.22. The maximum atomic E-state index is 13.5. The Balaban J connectivity index is 1.87. The van der Waals surface area contributed by atoms with Gasteiger partial charge in [-0.15, -0.1) is 0 Å². The molecular weight excluding hydrogens is 516 g/mol. The van der Waals surface area contributed by atoms with Crippen molar-refractivity contribution in [3.63, 3.8) is 0 Å². The van der Waals surface area contributed by atoms with E-state index < -0.39 is 16.1 Å². The van der Waals surface area contributed by atoms with Gasteiger partial charge in [0.2, 0.25) is 15.9 Å². The summed E-state index contributed by atoms with van der Waals surface area (Å²) in [5.74, 6) is -0.519. The van der Waals surface area contributed by atoms with Crippen molar-refractivity contribution >= 4 is 27.5 Å². The molecule has 3 rings (SSSR count). The van der Waals surface area contributed by atoms with Gasteiger partial charge in [0.15, 0.2) is 0 Å². The number of benzene rings is 2. The molecule has 39 heavy (non-hydrogen) atoms. The van der Waals surface area contributed by atoms with E-state index in [1.807, 2.05) is 31.2 Å². The molecule has 2 amide bonds. The van der Waals surface area contributed by atoms with E-state index in [9.17, 15) is 23.1 Å². The highest BCUT2D eigenvalue weighted by Crippen LogP contribution is 2.23. The van der Waals surface area contributed by atoms with E-state index in [0.29, 0.717) is 30.6 Å². The number of hydrogen-bond donors (Lipinski definition) is 4. The van der Waals surface area contributed by atoms with Gasteiger partial charge in [-0.2, -0.15) is 0 Å². The molecule has 1 aliphatic heterocycles. The van der Waals surface area contributed by atoms with Crippen LogP contribution in [0.5, 0.6) is 0 Å². The molecule has 2 aromatic carbocycles. The summed E-state index contributed by atoms with van der Waals surface area (Å²) in [4.78, 5) is 26.1. The number of nitrogens with zero attached hydrogens (tertiary/aromatic N) is 1. The van der Waals surface area contributed by atoms with Crippen LogP contribution in [0.15, 0.2) is 42.5 Å². The zero-order valence-corrected chi connectivity index (χ0v) is 24.2. The van der Waals surface area contributed by atoms with Crippen LogP contribution in [0.1, 0.15) is 60.2 Å². The third-order valence-electron chi connectivity index (χ3n) is 7.21. The second-order valence-corrected chi connectivity index (χ2v) is 12.5. The van der Waals surface area contributed by atoms with Crippen molar-refractivity contribution in [2.75, 3.05) is 30.8 Å². The minimum Gasteiger partial charge on any atom is -0.394 e. The van der Waals surface area contributed by atoms with Gasteiger partial charge in [-0.05, 0) is 80.3 Å². The van der Waals surface area contributed by atoms with Gasteiger partial charge in [0.05, 0.1) is 30.6 Å². The smallest absolute Gasteiger partial charge is 0.251 e. The van der Waals surface area contributed by atoms with Gasteiger partial charge < -0.3 is 21.1 Å². The zero-order chi connectivity index (χ0) is 28.6. The molecule has 0 radical (unpaired) electrons. The van der Waals surface area contributed by atoms with Crippen LogP contribution < -0.4 is 20.3 Å². The molecule has 0 saturated heterocycles. The minimum atomic E-state index is -3.50. The number of carbonyl (C=O) groups is 2. The molecule has 1 heterocycles. The van der Waals surface area contributed by atoms with Crippen molar-refractivity contribution in [1.29, 1.82) is 0 Å². The Morgan fingerprint density at radius 1 is 1.13 bits per heavy atom.